The van der Waals surface area contributed by atoms with E-state index in [4.69, 9.17) is 16.3 Å². The van der Waals surface area contributed by atoms with Gasteiger partial charge in [0.15, 0.2) is 6.07 Å². The summed E-state index contributed by atoms with van der Waals surface area (Å²) >= 11 is 5.48. The van der Waals surface area contributed by atoms with Gasteiger partial charge in [-0.15, -0.1) is 0 Å². The molecule has 0 amide bonds. The smallest absolute Gasteiger partial charge is 0.277 e. The van der Waals surface area contributed by atoms with Gasteiger partial charge in [0.25, 0.3) is 5.69 Å². The first-order valence-corrected chi connectivity index (χ1v) is 5.12. The number of hydrogen-bond donors (Lipinski definition) is 0. The van der Waals surface area contributed by atoms with Gasteiger partial charge >= 0.3 is 0 Å². The predicted octanol–water partition coefficient (Wildman–Crippen LogP) is 3.32. The van der Waals surface area contributed by atoms with Crippen molar-refractivity contribution in [1.29, 1.82) is 0 Å². The van der Waals surface area contributed by atoms with Crippen molar-refractivity contribution in [3.8, 4) is 5.75 Å². The molecule has 4 nitrogen and oxygen atoms in total. The molecule has 0 saturated carbocycles. The van der Waals surface area contributed by atoms with Crippen LogP contribution in [0.1, 0.15) is 0 Å². The van der Waals surface area contributed by atoms with E-state index in [1.807, 2.05) is 0 Å². The number of rotatable bonds is 3. The van der Waals surface area contributed by atoms with Crippen LogP contribution in [0.3, 0.4) is 0 Å². The molecule has 2 aromatic rings. The van der Waals surface area contributed by atoms with Crippen LogP contribution in [0.4, 0.5) is 5.69 Å². The second-order valence-corrected chi connectivity index (χ2v) is 3.36. The molecule has 0 bridgehead atoms. The third-order valence-corrected chi connectivity index (χ3v) is 2.38. The Labute approximate surface area is 96.5 Å². The molecule has 0 aliphatic heterocycles. The quantitative estimate of drug-likeness (QED) is 0.467. The van der Waals surface area contributed by atoms with Gasteiger partial charge in [-0.05, 0) is 12.1 Å². The third-order valence-electron chi connectivity index (χ3n) is 2.27. The number of hydrogen-bond acceptors (Lipinski definition) is 3. The monoisotopic (exact) mass is 237 g/mol. The lowest BCUT2D eigenvalue weighted by Crippen LogP contribution is -1.93. The van der Waals surface area contributed by atoms with Gasteiger partial charge in [0, 0.05) is 11.5 Å². The first-order valence-electron chi connectivity index (χ1n) is 4.59. The van der Waals surface area contributed by atoms with Gasteiger partial charge in [0.05, 0.1) is 10.3 Å². The average molecular weight is 238 g/mol. The first kappa shape index (κ1) is 10.7. The van der Waals surface area contributed by atoms with Crippen LogP contribution in [-0.4, -0.2) is 11.0 Å². The van der Waals surface area contributed by atoms with Gasteiger partial charge in [0.1, 0.15) is 5.75 Å². The number of ether oxygens (including phenoxy) is 1. The van der Waals surface area contributed by atoms with Gasteiger partial charge in [-0.3, -0.25) is 10.1 Å². The molecular formula is C11H8ClNO3. The highest BCUT2D eigenvalue weighted by molar-refractivity contribution is 6.17. The molecule has 0 atom stereocenters. The van der Waals surface area contributed by atoms with Crippen molar-refractivity contribution in [1.82, 2.24) is 0 Å². The van der Waals surface area contributed by atoms with Gasteiger partial charge < -0.3 is 4.74 Å². The van der Waals surface area contributed by atoms with E-state index in [9.17, 15) is 10.1 Å². The number of non-ortho nitro benzene ring substituents is 1. The van der Waals surface area contributed by atoms with E-state index >= 15 is 0 Å². The van der Waals surface area contributed by atoms with E-state index in [-0.39, 0.29) is 11.8 Å². The van der Waals surface area contributed by atoms with Crippen molar-refractivity contribution in [2.24, 2.45) is 0 Å². The van der Waals surface area contributed by atoms with Crippen molar-refractivity contribution < 1.29 is 9.66 Å². The molecule has 0 unspecified atom stereocenters. The molecule has 0 heterocycles. The van der Waals surface area contributed by atoms with Crippen LogP contribution in [0.5, 0.6) is 5.75 Å². The second-order valence-electron chi connectivity index (χ2n) is 3.14. The summed E-state index contributed by atoms with van der Waals surface area (Å²) in [5, 5.41) is 12.1. The van der Waals surface area contributed by atoms with Crippen molar-refractivity contribution in [3.63, 3.8) is 0 Å². The van der Waals surface area contributed by atoms with Crippen LogP contribution >= 0.6 is 11.6 Å². The largest absolute Gasteiger partial charge is 0.477 e. The van der Waals surface area contributed by atoms with Crippen molar-refractivity contribution in [2.45, 2.75) is 0 Å². The molecule has 0 saturated heterocycles. The highest BCUT2D eigenvalue weighted by atomic mass is 35.5. The summed E-state index contributed by atoms with van der Waals surface area (Å²) in [6, 6.07) is 10.0. The zero-order valence-electron chi connectivity index (χ0n) is 8.22. The fourth-order valence-electron chi connectivity index (χ4n) is 1.60. The molecule has 0 fully saturated rings. The van der Waals surface area contributed by atoms with Crippen molar-refractivity contribution >= 4 is 28.1 Å². The number of nitro benzene ring substituents is 1. The molecule has 5 heteroatoms. The zero-order chi connectivity index (χ0) is 11.5. The van der Waals surface area contributed by atoms with Gasteiger partial charge in [-0.2, -0.15) is 0 Å². The maximum atomic E-state index is 10.8. The molecule has 0 spiro atoms. The summed E-state index contributed by atoms with van der Waals surface area (Å²) in [5.74, 6) is 0.552. The fourth-order valence-corrected chi connectivity index (χ4v) is 1.72. The molecule has 0 radical (unpaired) electrons. The predicted molar refractivity (Wildman–Crippen MR) is 62.0 cm³/mol. The lowest BCUT2D eigenvalue weighted by molar-refractivity contribution is -0.383. The minimum absolute atomic E-state index is 0.0157. The highest BCUT2D eigenvalue weighted by Crippen LogP contribution is 2.32. The molecular weight excluding hydrogens is 230 g/mol. The molecule has 2 aromatic carbocycles. The van der Waals surface area contributed by atoms with Crippen molar-refractivity contribution in [3.05, 3.63) is 46.5 Å². The average Bonchev–Trinajstić information content (AvgIpc) is 2.29. The molecule has 0 aliphatic rings. The summed E-state index contributed by atoms with van der Waals surface area (Å²) in [7, 11) is 0. The van der Waals surface area contributed by atoms with E-state index < -0.39 is 4.92 Å². The molecule has 16 heavy (non-hydrogen) atoms. The number of benzene rings is 2. The van der Waals surface area contributed by atoms with Gasteiger partial charge in [-0.25, -0.2) is 0 Å². The minimum atomic E-state index is -0.410. The Hall–Kier alpha value is -1.81. The van der Waals surface area contributed by atoms with E-state index in [0.29, 0.717) is 16.5 Å². The topological polar surface area (TPSA) is 52.4 Å². The summed E-state index contributed by atoms with van der Waals surface area (Å²) < 4.78 is 5.20. The molecule has 0 aromatic heterocycles. The van der Waals surface area contributed by atoms with Crippen LogP contribution in [0.15, 0.2) is 36.4 Å². The fraction of sp³-hybridized carbons (Fsp3) is 0.0909. The summed E-state index contributed by atoms with van der Waals surface area (Å²) in [4.78, 5) is 10.4. The Bertz CT molecular complexity index is 542. The number of nitrogens with zero attached hydrogens (tertiary/aromatic N) is 1. The summed E-state index contributed by atoms with van der Waals surface area (Å²) in [6.07, 6.45) is 0. The molecule has 0 N–H and O–H groups in total. The van der Waals surface area contributed by atoms with Gasteiger partial charge in [-0.1, -0.05) is 29.8 Å². The standard InChI is InChI=1S/C11H8ClNO3/c12-7-16-11-6-5-10(13(14)15)8-3-1-2-4-9(8)11/h1-6H,7H2. The maximum Gasteiger partial charge on any atom is 0.277 e. The zero-order valence-corrected chi connectivity index (χ0v) is 8.98. The van der Waals surface area contributed by atoms with E-state index in [1.165, 1.54) is 6.07 Å². The highest BCUT2D eigenvalue weighted by Gasteiger charge is 2.13. The normalized spacial score (nSPS) is 10.3. The van der Waals surface area contributed by atoms with Crippen LogP contribution in [0.25, 0.3) is 10.8 Å². The minimum Gasteiger partial charge on any atom is -0.477 e. The van der Waals surface area contributed by atoms with Crippen LogP contribution < -0.4 is 4.74 Å². The summed E-state index contributed by atoms with van der Waals surface area (Å²) in [5.41, 5.74) is 0.0672. The molecule has 82 valence electrons. The number of alkyl halides is 1. The summed E-state index contributed by atoms with van der Waals surface area (Å²) in [6.45, 7) is 0. The first-order chi connectivity index (χ1) is 7.74. The van der Waals surface area contributed by atoms with Crippen molar-refractivity contribution in [2.75, 3.05) is 6.07 Å². The Morgan fingerprint density at radius 1 is 1.19 bits per heavy atom. The Kier molecular flexibility index (Phi) is 2.92. The lowest BCUT2D eigenvalue weighted by atomic mass is 10.1. The van der Waals surface area contributed by atoms with Crippen LogP contribution in [-0.2, 0) is 0 Å². The number of fused-ring (bicyclic) bond motifs is 1. The molecule has 0 aliphatic carbocycles. The van der Waals surface area contributed by atoms with Gasteiger partial charge in [0.2, 0.25) is 0 Å². The number of halogens is 1. The SMILES string of the molecule is O=[N+]([O-])c1ccc(OCCl)c2ccccc12. The van der Waals surface area contributed by atoms with E-state index in [0.717, 1.165) is 0 Å². The molecule has 2 rings (SSSR count). The number of nitro groups is 1. The van der Waals surface area contributed by atoms with E-state index in [1.54, 1.807) is 30.3 Å². The Morgan fingerprint density at radius 2 is 1.88 bits per heavy atom. The van der Waals surface area contributed by atoms with Crippen LogP contribution in [0, 0.1) is 10.1 Å². The van der Waals surface area contributed by atoms with Crippen LogP contribution in [0.2, 0.25) is 0 Å². The lowest BCUT2D eigenvalue weighted by Gasteiger charge is -2.06. The maximum absolute atomic E-state index is 10.8. The second kappa shape index (κ2) is 4.37. The third kappa shape index (κ3) is 1.79. The Balaban J connectivity index is 2.71. The Morgan fingerprint density at radius 3 is 2.50 bits per heavy atom. The van der Waals surface area contributed by atoms with E-state index in [2.05, 4.69) is 0 Å².